The normalized spacial score (nSPS) is 15.1. The molecule has 1 saturated carbocycles. The Bertz CT molecular complexity index is 419. The summed E-state index contributed by atoms with van der Waals surface area (Å²) in [6, 6.07) is 0. The van der Waals surface area contributed by atoms with E-state index in [0.29, 0.717) is 5.75 Å². The minimum Gasteiger partial charge on any atom is -0.490 e. The number of nitrogens with one attached hydrogen (secondary N) is 2. The predicted octanol–water partition coefficient (Wildman–Crippen LogP) is 3.69. The third-order valence-electron chi connectivity index (χ3n) is 4.11. The zero-order valence-corrected chi connectivity index (χ0v) is 13.3. The number of ether oxygens (including phenoxy) is 1. The molecule has 0 aliphatic heterocycles. The van der Waals surface area contributed by atoms with Crippen molar-refractivity contribution in [1.82, 2.24) is 9.97 Å². The summed E-state index contributed by atoms with van der Waals surface area (Å²) < 4.78 is 5.45. The zero-order valence-electron chi connectivity index (χ0n) is 13.3. The van der Waals surface area contributed by atoms with Crippen molar-refractivity contribution in [2.24, 2.45) is 5.92 Å². The Kier molecular flexibility index (Phi) is 6.57. The third-order valence-corrected chi connectivity index (χ3v) is 4.11. The maximum absolute atomic E-state index is 5.45. The standard InChI is InChI=1S/C16H28N4O/c1-3-10-17-15-14(21-2)16(20-12-19-15)18-11-6-9-13-7-4-5-8-13/h12-13H,3-11H2,1-2H3,(H2,17,18,19,20). The molecule has 0 bridgehead atoms. The van der Waals surface area contributed by atoms with Crippen LogP contribution in [-0.4, -0.2) is 30.2 Å². The van der Waals surface area contributed by atoms with Gasteiger partial charge in [-0.25, -0.2) is 9.97 Å². The molecule has 0 spiro atoms. The Morgan fingerprint density at radius 3 is 2.43 bits per heavy atom. The van der Waals surface area contributed by atoms with Gasteiger partial charge in [0.1, 0.15) is 6.33 Å². The summed E-state index contributed by atoms with van der Waals surface area (Å²) in [5, 5.41) is 6.66. The molecule has 0 radical (unpaired) electrons. The highest BCUT2D eigenvalue weighted by Gasteiger charge is 2.15. The smallest absolute Gasteiger partial charge is 0.204 e. The summed E-state index contributed by atoms with van der Waals surface area (Å²) in [7, 11) is 1.67. The van der Waals surface area contributed by atoms with E-state index in [0.717, 1.165) is 37.1 Å². The lowest BCUT2D eigenvalue weighted by Gasteiger charge is -2.14. The molecule has 5 heteroatoms. The third kappa shape index (κ3) is 4.76. The van der Waals surface area contributed by atoms with Crippen LogP contribution in [-0.2, 0) is 0 Å². The number of hydrogen-bond donors (Lipinski definition) is 2. The second-order valence-electron chi connectivity index (χ2n) is 5.75. The van der Waals surface area contributed by atoms with Gasteiger partial charge < -0.3 is 15.4 Å². The predicted molar refractivity (Wildman–Crippen MR) is 87.0 cm³/mol. The monoisotopic (exact) mass is 292 g/mol. The van der Waals surface area contributed by atoms with E-state index in [1.54, 1.807) is 13.4 Å². The Balaban J connectivity index is 1.83. The van der Waals surface area contributed by atoms with Crippen LogP contribution in [0.5, 0.6) is 5.75 Å². The van der Waals surface area contributed by atoms with E-state index in [1.807, 2.05) is 0 Å². The highest BCUT2D eigenvalue weighted by Crippen LogP contribution is 2.30. The van der Waals surface area contributed by atoms with E-state index in [2.05, 4.69) is 27.5 Å². The van der Waals surface area contributed by atoms with Crippen LogP contribution in [0.25, 0.3) is 0 Å². The maximum atomic E-state index is 5.45. The van der Waals surface area contributed by atoms with Crippen molar-refractivity contribution in [1.29, 1.82) is 0 Å². The van der Waals surface area contributed by atoms with Crippen LogP contribution < -0.4 is 15.4 Å². The molecule has 0 atom stereocenters. The quantitative estimate of drug-likeness (QED) is 0.680. The molecule has 21 heavy (non-hydrogen) atoms. The summed E-state index contributed by atoms with van der Waals surface area (Å²) in [5.74, 6) is 3.22. The zero-order chi connectivity index (χ0) is 14.9. The first-order valence-corrected chi connectivity index (χ1v) is 8.21. The van der Waals surface area contributed by atoms with Gasteiger partial charge in [0.2, 0.25) is 5.75 Å². The Morgan fingerprint density at radius 2 is 1.81 bits per heavy atom. The lowest BCUT2D eigenvalue weighted by molar-refractivity contribution is 0.414. The summed E-state index contributed by atoms with van der Waals surface area (Å²) >= 11 is 0. The largest absolute Gasteiger partial charge is 0.490 e. The second-order valence-corrected chi connectivity index (χ2v) is 5.75. The summed E-state index contributed by atoms with van der Waals surface area (Å²) in [5.41, 5.74) is 0. The molecule has 2 N–H and O–H groups in total. The minimum absolute atomic E-state index is 0.715. The van der Waals surface area contributed by atoms with Crippen LogP contribution in [0.15, 0.2) is 6.33 Å². The minimum atomic E-state index is 0.715. The van der Waals surface area contributed by atoms with Crippen molar-refractivity contribution < 1.29 is 4.74 Å². The van der Waals surface area contributed by atoms with Crippen LogP contribution in [0.3, 0.4) is 0 Å². The van der Waals surface area contributed by atoms with Gasteiger partial charge in [-0.2, -0.15) is 0 Å². The van der Waals surface area contributed by atoms with Gasteiger partial charge in [0.25, 0.3) is 0 Å². The van der Waals surface area contributed by atoms with E-state index in [4.69, 9.17) is 4.74 Å². The van der Waals surface area contributed by atoms with Crippen LogP contribution in [0.1, 0.15) is 51.9 Å². The fourth-order valence-corrected chi connectivity index (χ4v) is 2.96. The molecule has 5 nitrogen and oxygen atoms in total. The van der Waals surface area contributed by atoms with Gasteiger partial charge in [0.05, 0.1) is 7.11 Å². The molecule has 118 valence electrons. The average Bonchev–Trinajstić information content (AvgIpc) is 3.02. The number of rotatable bonds is 9. The van der Waals surface area contributed by atoms with Crippen molar-refractivity contribution in [2.45, 2.75) is 51.9 Å². The summed E-state index contributed by atoms with van der Waals surface area (Å²) in [6.07, 6.45) is 10.8. The van der Waals surface area contributed by atoms with Crippen molar-refractivity contribution in [3.05, 3.63) is 6.33 Å². The van der Waals surface area contributed by atoms with E-state index in [9.17, 15) is 0 Å². The summed E-state index contributed by atoms with van der Waals surface area (Å²) in [6.45, 7) is 3.95. The van der Waals surface area contributed by atoms with Gasteiger partial charge in [0.15, 0.2) is 11.6 Å². The molecule has 0 saturated heterocycles. The van der Waals surface area contributed by atoms with Gasteiger partial charge in [-0.05, 0) is 25.2 Å². The molecule has 1 heterocycles. The molecule has 1 aromatic heterocycles. The lowest BCUT2D eigenvalue weighted by atomic mass is 10.0. The molecule has 1 aliphatic rings. The molecule has 0 amide bonds. The molecule has 1 fully saturated rings. The van der Waals surface area contributed by atoms with Crippen LogP contribution in [0.2, 0.25) is 0 Å². The van der Waals surface area contributed by atoms with Gasteiger partial charge in [-0.15, -0.1) is 0 Å². The SMILES string of the molecule is CCCNc1ncnc(NCCCC2CCCC2)c1OC. The summed E-state index contributed by atoms with van der Waals surface area (Å²) in [4.78, 5) is 8.55. The van der Waals surface area contributed by atoms with Gasteiger partial charge in [0, 0.05) is 13.1 Å². The van der Waals surface area contributed by atoms with E-state index in [-0.39, 0.29) is 0 Å². The average molecular weight is 292 g/mol. The molecule has 2 rings (SSSR count). The number of methoxy groups -OCH3 is 1. The van der Waals surface area contributed by atoms with Crippen molar-refractivity contribution in [2.75, 3.05) is 30.8 Å². The highest BCUT2D eigenvalue weighted by atomic mass is 16.5. The number of aromatic nitrogens is 2. The van der Waals surface area contributed by atoms with Gasteiger partial charge >= 0.3 is 0 Å². The fraction of sp³-hybridized carbons (Fsp3) is 0.750. The van der Waals surface area contributed by atoms with E-state index in [1.165, 1.54) is 38.5 Å². The second kappa shape index (κ2) is 8.70. The molecule has 0 unspecified atom stereocenters. The highest BCUT2D eigenvalue weighted by molar-refractivity contribution is 5.63. The molecular formula is C16H28N4O. The number of hydrogen-bond acceptors (Lipinski definition) is 5. The topological polar surface area (TPSA) is 59.1 Å². The Morgan fingerprint density at radius 1 is 1.14 bits per heavy atom. The van der Waals surface area contributed by atoms with Gasteiger partial charge in [-0.3, -0.25) is 0 Å². The van der Waals surface area contributed by atoms with Crippen molar-refractivity contribution in [3.8, 4) is 5.75 Å². The van der Waals surface area contributed by atoms with Crippen LogP contribution in [0, 0.1) is 5.92 Å². The van der Waals surface area contributed by atoms with Crippen molar-refractivity contribution in [3.63, 3.8) is 0 Å². The van der Waals surface area contributed by atoms with E-state index < -0.39 is 0 Å². The van der Waals surface area contributed by atoms with Crippen LogP contribution in [0.4, 0.5) is 11.6 Å². The molecule has 0 aromatic carbocycles. The molecular weight excluding hydrogens is 264 g/mol. The molecule has 1 aromatic rings. The maximum Gasteiger partial charge on any atom is 0.204 e. The lowest BCUT2D eigenvalue weighted by Crippen LogP contribution is -2.10. The number of nitrogens with zero attached hydrogens (tertiary/aromatic N) is 2. The molecule has 1 aliphatic carbocycles. The van der Waals surface area contributed by atoms with Crippen LogP contribution >= 0.6 is 0 Å². The number of anilines is 2. The first-order chi connectivity index (χ1) is 10.3. The fourth-order valence-electron chi connectivity index (χ4n) is 2.96. The van der Waals surface area contributed by atoms with Crippen molar-refractivity contribution >= 4 is 11.6 Å². The first-order valence-electron chi connectivity index (χ1n) is 8.21. The van der Waals surface area contributed by atoms with E-state index >= 15 is 0 Å². The van der Waals surface area contributed by atoms with Gasteiger partial charge in [-0.1, -0.05) is 32.6 Å². The Labute approximate surface area is 127 Å². The Hall–Kier alpha value is -1.52. The first kappa shape index (κ1) is 15.9.